The molecule has 2 aliphatic carbocycles. The minimum absolute atomic E-state index is 0.154. The van der Waals surface area contributed by atoms with Gasteiger partial charge in [0.1, 0.15) is 11.9 Å². The van der Waals surface area contributed by atoms with Gasteiger partial charge >= 0.3 is 0 Å². The van der Waals surface area contributed by atoms with E-state index in [-0.39, 0.29) is 11.4 Å². The summed E-state index contributed by atoms with van der Waals surface area (Å²) in [4.78, 5) is 0. The summed E-state index contributed by atoms with van der Waals surface area (Å²) in [5.74, 6) is 2.56. The molecule has 2 heteroatoms. The van der Waals surface area contributed by atoms with Crippen LogP contribution in [0.1, 0.15) is 114 Å². The maximum absolute atomic E-state index is 13.9. The van der Waals surface area contributed by atoms with E-state index in [9.17, 15) is 4.39 Å². The van der Waals surface area contributed by atoms with Crippen LogP contribution in [0.3, 0.4) is 0 Å². The zero-order chi connectivity index (χ0) is 21.2. The van der Waals surface area contributed by atoms with Crippen molar-refractivity contribution < 1.29 is 4.39 Å². The van der Waals surface area contributed by atoms with Gasteiger partial charge in [-0.1, -0.05) is 63.7 Å². The van der Waals surface area contributed by atoms with Gasteiger partial charge in [0.25, 0.3) is 0 Å². The average Bonchev–Trinajstić information content (AvgIpc) is 2.78. The molecule has 2 aliphatic rings. The third kappa shape index (κ3) is 6.97. The van der Waals surface area contributed by atoms with E-state index in [1.54, 1.807) is 12.1 Å². The van der Waals surface area contributed by atoms with E-state index < -0.39 is 0 Å². The zero-order valence-electron chi connectivity index (χ0n) is 18.9. The first-order valence-corrected chi connectivity index (χ1v) is 12.6. The Hall–Kier alpha value is -1.62. The maximum Gasteiger partial charge on any atom is 0.141 e. The van der Waals surface area contributed by atoms with Crippen molar-refractivity contribution in [3.8, 4) is 6.07 Å². The van der Waals surface area contributed by atoms with Gasteiger partial charge in [-0.2, -0.15) is 5.26 Å². The van der Waals surface area contributed by atoms with E-state index >= 15 is 0 Å². The maximum atomic E-state index is 13.9. The van der Waals surface area contributed by atoms with Gasteiger partial charge in [0.2, 0.25) is 0 Å². The molecule has 1 aromatic rings. The molecule has 3 rings (SSSR count). The summed E-state index contributed by atoms with van der Waals surface area (Å²) in [6, 6.07) is 7.09. The summed E-state index contributed by atoms with van der Waals surface area (Å²) < 4.78 is 13.9. The summed E-state index contributed by atoms with van der Waals surface area (Å²) in [6.07, 6.45) is 23.8. The summed E-state index contributed by atoms with van der Waals surface area (Å²) in [5.41, 5.74) is 1.23. The molecule has 164 valence electrons. The lowest BCUT2D eigenvalue weighted by molar-refractivity contribution is 0.287. The number of nitrogens with zero attached hydrogens (tertiary/aromatic N) is 1. The third-order valence-electron chi connectivity index (χ3n) is 7.62. The second-order valence-electron chi connectivity index (χ2n) is 9.83. The van der Waals surface area contributed by atoms with Gasteiger partial charge in [-0.25, -0.2) is 4.39 Å². The Kier molecular flexibility index (Phi) is 9.44. The molecule has 1 aromatic carbocycles. The standard InChI is InChI=1S/C28H40FN/c1-2-3-4-5-6-7-22-8-10-23(11-9-22)12-13-24-14-16-25(17-15-24)26-18-19-27(21-30)28(29)20-26/h12-13,18-20,22-25H,2-11,14-17H2,1H3/t22-,23-,24-,25-. The average molecular weight is 410 g/mol. The predicted molar refractivity (Wildman–Crippen MR) is 124 cm³/mol. The highest BCUT2D eigenvalue weighted by atomic mass is 19.1. The summed E-state index contributed by atoms with van der Waals surface area (Å²) >= 11 is 0. The first kappa shape index (κ1) is 23.1. The van der Waals surface area contributed by atoms with Crippen LogP contribution in [0.5, 0.6) is 0 Å². The highest BCUT2D eigenvalue weighted by Crippen LogP contribution is 2.38. The van der Waals surface area contributed by atoms with Crippen LogP contribution >= 0.6 is 0 Å². The summed E-state index contributed by atoms with van der Waals surface area (Å²) in [6.45, 7) is 2.29. The van der Waals surface area contributed by atoms with Gasteiger partial charge in [-0.15, -0.1) is 0 Å². The van der Waals surface area contributed by atoms with Crippen molar-refractivity contribution in [1.29, 1.82) is 5.26 Å². The van der Waals surface area contributed by atoms with Crippen LogP contribution in [0, 0.1) is 34.9 Å². The SMILES string of the molecule is CCCCCCC[C@H]1CC[C@H](C=C[C@H]2CC[C@H](c3ccc(C#N)c(F)c3)CC2)CC1. The Bertz CT molecular complexity index is 700. The molecule has 0 aromatic heterocycles. The largest absolute Gasteiger partial charge is 0.206 e. The molecule has 0 amide bonds. The van der Waals surface area contributed by atoms with Crippen molar-refractivity contribution in [2.45, 2.75) is 103 Å². The van der Waals surface area contributed by atoms with Gasteiger partial charge in [-0.05, 0) is 92.7 Å². The normalized spacial score (nSPS) is 27.2. The molecule has 0 bridgehead atoms. The zero-order valence-corrected chi connectivity index (χ0v) is 18.9. The van der Waals surface area contributed by atoms with E-state index in [4.69, 9.17) is 5.26 Å². The molecule has 30 heavy (non-hydrogen) atoms. The Morgan fingerprint density at radius 3 is 2.13 bits per heavy atom. The van der Waals surface area contributed by atoms with Gasteiger partial charge in [0, 0.05) is 0 Å². The lowest BCUT2D eigenvalue weighted by Gasteiger charge is -2.29. The number of hydrogen-bond donors (Lipinski definition) is 0. The second kappa shape index (κ2) is 12.3. The molecule has 0 spiro atoms. The highest BCUT2D eigenvalue weighted by Gasteiger charge is 2.23. The van der Waals surface area contributed by atoms with Crippen molar-refractivity contribution in [2.75, 3.05) is 0 Å². The van der Waals surface area contributed by atoms with Gasteiger partial charge < -0.3 is 0 Å². The first-order chi connectivity index (χ1) is 14.7. The molecule has 0 aliphatic heterocycles. The van der Waals surface area contributed by atoms with E-state index in [2.05, 4.69) is 19.1 Å². The molecule has 0 unspecified atom stereocenters. The van der Waals surface area contributed by atoms with Gasteiger partial charge in [-0.3, -0.25) is 0 Å². The van der Waals surface area contributed by atoms with Crippen LogP contribution in [0.15, 0.2) is 30.4 Å². The molecular weight excluding hydrogens is 369 g/mol. The van der Waals surface area contributed by atoms with Gasteiger partial charge in [0.05, 0.1) is 5.56 Å². The van der Waals surface area contributed by atoms with Gasteiger partial charge in [0.15, 0.2) is 0 Å². The second-order valence-corrected chi connectivity index (χ2v) is 9.83. The molecule has 0 N–H and O–H groups in total. The Morgan fingerprint density at radius 1 is 0.900 bits per heavy atom. The van der Waals surface area contributed by atoms with Crippen molar-refractivity contribution >= 4 is 0 Å². The molecule has 0 heterocycles. The summed E-state index contributed by atoms with van der Waals surface area (Å²) in [7, 11) is 0. The first-order valence-electron chi connectivity index (χ1n) is 12.6. The fourth-order valence-corrected chi connectivity index (χ4v) is 5.54. The molecule has 2 fully saturated rings. The monoisotopic (exact) mass is 409 g/mol. The number of hydrogen-bond acceptors (Lipinski definition) is 1. The van der Waals surface area contributed by atoms with Crippen LogP contribution in [-0.4, -0.2) is 0 Å². The van der Waals surface area contributed by atoms with Crippen molar-refractivity contribution in [3.63, 3.8) is 0 Å². The molecule has 1 nitrogen and oxygen atoms in total. The molecule has 0 atom stereocenters. The van der Waals surface area contributed by atoms with E-state index in [0.29, 0.717) is 11.8 Å². The van der Waals surface area contributed by atoms with Crippen LogP contribution in [0.4, 0.5) is 4.39 Å². The van der Waals surface area contributed by atoms with Crippen molar-refractivity contribution in [3.05, 3.63) is 47.3 Å². The molecular formula is C28H40FN. The van der Waals surface area contributed by atoms with Crippen LogP contribution in [-0.2, 0) is 0 Å². The van der Waals surface area contributed by atoms with Crippen LogP contribution in [0.25, 0.3) is 0 Å². The summed E-state index contributed by atoms with van der Waals surface area (Å²) in [5, 5.41) is 8.90. The number of allylic oxidation sites excluding steroid dienone is 2. The van der Waals surface area contributed by atoms with Crippen molar-refractivity contribution in [1.82, 2.24) is 0 Å². The topological polar surface area (TPSA) is 23.8 Å². The quantitative estimate of drug-likeness (QED) is 0.295. The minimum Gasteiger partial charge on any atom is -0.206 e. The number of halogens is 1. The Balaban J connectivity index is 1.34. The van der Waals surface area contributed by atoms with Crippen molar-refractivity contribution in [2.24, 2.45) is 17.8 Å². The highest BCUT2D eigenvalue weighted by molar-refractivity contribution is 5.35. The van der Waals surface area contributed by atoms with Crippen LogP contribution < -0.4 is 0 Å². The van der Waals surface area contributed by atoms with Crippen LogP contribution in [0.2, 0.25) is 0 Å². The smallest absolute Gasteiger partial charge is 0.141 e. The Labute approximate surface area is 183 Å². The number of unbranched alkanes of at least 4 members (excludes halogenated alkanes) is 4. The molecule has 0 saturated heterocycles. The van der Waals surface area contributed by atoms with E-state index in [0.717, 1.165) is 30.2 Å². The molecule has 0 radical (unpaired) electrons. The van der Waals surface area contributed by atoms with E-state index in [1.165, 1.54) is 77.0 Å². The number of nitriles is 1. The third-order valence-corrected chi connectivity index (χ3v) is 7.62. The Morgan fingerprint density at radius 2 is 1.53 bits per heavy atom. The fourth-order valence-electron chi connectivity index (χ4n) is 5.54. The minimum atomic E-state index is -0.367. The number of benzene rings is 1. The molecule has 2 saturated carbocycles. The fraction of sp³-hybridized carbons (Fsp3) is 0.679. The number of rotatable bonds is 9. The predicted octanol–water partition coefficient (Wildman–Crippen LogP) is 8.69. The lowest BCUT2D eigenvalue weighted by atomic mass is 9.76. The van der Waals surface area contributed by atoms with E-state index in [1.807, 2.05) is 12.1 Å². The lowest BCUT2D eigenvalue weighted by Crippen LogP contribution is -2.15.